The van der Waals surface area contributed by atoms with Crippen LogP contribution in [0.2, 0.25) is 0 Å². The van der Waals surface area contributed by atoms with Gasteiger partial charge in [-0.05, 0) is 84.6 Å². The molecular formula is C15H18Br4N4. The number of hydrogen-bond acceptors (Lipinski definition) is 3. The SMILES string of the molecule is CC(C)n1c(N2CCN(C)CC2)nc2c(Br)c(Br)c(Br)c(Br)c21. The van der Waals surface area contributed by atoms with Gasteiger partial charge in [0.25, 0.3) is 0 Å². The minimum Gasteiger partial charge on any atom is -0.340 e. The molecule has 1 aromatic heterocycles. The highest BCUT2D eigenvalue weighted by Crippen LogP contribution is 2.45. The van der Waals surface area contributed by atoms with E-state index in [0.717, 1.165) is 61.1 Å². The Bertz CT molecular complexity index is 748. The van der Waals surface area contributed by atoms with Crippen LogP contribution in [0.5, 0.6) is 0 Å². The molecule has 0 radical (unpaired) electrons. The van der Waals surface area contributed by atoms with Crippen molar-refractivity contribution in [3.05, 3.63) is 17.9 Å². The summed E-state index contributed by atoms with van der Waals surface area (Å²) >= 11 is 14.7. The Balaban J connectivity index is 2.25. The van der Waals surface area contributed by atoms with Gasteiger partial charge >= 0.3 is 0 Å². The van der Waals surface area contributed by atoms with Crippen molar-refractivity contribution in [1.29, 1.82) is 0 Å². The molecule has 0 amide bonds. The summed E-state index contributed by atoms with van der Waals surface area (Å²) in [7, 11) is 2.17. The first-order chi connectivity index (χ1) is 10.8. The van der Waals surface area contributed by atoms with Gasteiger partial charge in [0.05, 0.1) is 14.5 Å². The number of imidazole rings is 1. The first-order valence-electron chi connectivity index (χ1n) is 7.50. The van der Waals surface area contributed by atoms with Crippen molar-refractivity contribution in [1.82, 2.24) is 14.5 Å². The number of anilines is 1. The normalized spacial score (nSPS) is 16.8. The standard InChI is InChI=1S/C15H18Br4N4/c1-8(2)23-14-12(19)10(17)9(16)11(18)13(14)20-15(23)22-6-4-21(3)5-7-22/h8H,4-7H2,1-3H3. The Labute approximate surface area is 170 Å². The molecule has 0 bridgehead atoms. The molecule has 8 heteroatoms. The lowest BCUT2D eigenvalue weighted by molar-refractivity contribution is 0.309. The van der Waals surface area contributed by atoms with E-state index >= 15 is 0 Å². The van der Waals surface area contributed by atoms with Crippen molar-refractivity contribution in [2.75, 3.05) is 38.1 Å². The molecule has 0 unspecified atom stereocenters. The fraction of sp³-hybridized carbons (Fsp3) is 0.533. The van der Waals surface area contributed by atoms with E-state index in [9.17, 15) is 0 Å². The molecule has 0 aliphatic carbocycles. The number of nitrogens with zero attached hydrogens (tertiary/aromatic N) is 4. The Morgan fingerprint density at radius 2 is 1.43 bits per heavy atom. The van der Waals surface area contributed by atoms with Crippen LogP contribution < -0.4 is 4.90 Å². The second-order valence-corrected chi connectivity index (χ2v) is 9.29. The number of aromatic nitrogens is 2. The second kappa shape index (κ2) is 6.94. The molecule has 1 aliphatic heterocycles. The van der Waals surface area contributed by atoms with E-state index in [0.29, 0.717) is 6.04 Å². The van der Waals surface area contributed by atoms with Gasteiger partial charge in [0.15, 0.2) is 0 Å². The average Bonchev–Trinajstić information content (AvgIpc) is 2.92. The third kappa shape index (κ3) is 3.14. The molecule has 0 atom stereocenters. The maximum absolute atomic E-state index is 4.99. The molecular weight excluding hydrogens is 556 g/mol. The largest absolute Gasteiger partial charge is 0.340 e. The van der Waals surface area contributed by atoms with Crippen LogP contribution in [0.1, 0.15) is 19.9 Å². The van der Waals surface area contributed by atoms with Crippen molar-refractivity contribution in [2.45, 2.75) is 19.9 Å². The lowest BCUT2D eigenvalue weighted by atomic mass is 10.3. The highest BCUT2D eigenvalue weighted by Gasteiger charge is 2.26. The van der Waals surface area contributed by atoms with Crippen LogP contribution in [0.3, 0.4) is 0 Å². The van der Waals surface area contributed by atoms with Crippen LogP contribution in [0.15, 0.2) is 17.9 Å². The fourth-order valence-corrected chi connectivity index (χ4v) is 5.26. The summed E-state index contributed by atoms with van der Waals surface area (Å²) in [6.07, 6.45) is 0. The molecule has 0 saturated carbocycles. The molecule has 1 aliphatic rings. The lowest BCUT2D eigenvalue weighted by Gasteiger charge is -2.34. The van der Waals surface area contributed by atoms with Gasteiger partial charge in [-0.3, -0.25) is 0 Å². The van der Waals surface area contributed by atoms with Crippen molar-refractivity contribution >= 4 is 80.7 Å². The van der Waals surface area contributed by atoms with Gasteiger partial charge < -0.3 is 14.4 Å². The van der Waals surface area contributed by atoms with E-state index in [2.05, 4.69) is 99.0 Å². The molecule has 1 fully saturated rings. The van der Waals surface area contributed by atoms with Gasteiger partial charge in [-0.2, -0.15) is 0 Å². The molecule has 4 nitrogen and oxygen atoms in total. The minimum atomic E-state index is 0.325. The maximum atomic E-state index is 4.99. The molecule has 126 valence electrons. The van der Waals surface area contributed by atoms with E-state index in [4.69, 9.17) is 4.98 Å². The zero-order chi connectivity index (χ0) is 16.9. The zero-order valence-corrected chi connectivity index (χ0v) is 19.6. The van der Waals surface area contributed by atoms with Crippen LogP contribution in [0, 0.1) is 0 Å². The van der Waals surface area contributed by atoms with Gasteiger partial charge in [-0.25, -0.2) is 4.98 Å². The topological polar surface area (TPSA) is 24.3 Å². The van der Waals surface area contributed by atoms with Crippen LogP contribution in [-0.2, 0) is 0 Å². The van der Waals surface area contributed by atoms with Crippen LogP contribution >= 0.6 is 63.7 Å². The van der Waals surface area contributed by atoms with E-state index in [1.165, 1.54) is 0 Å². The quantitative estimate of drug-likeness (QED) is 0.354. The van der Waals surface area contributed by atoms with Crippen LogP contribution in [0.4, 0.5) is 5.95 Å². The van der Waals surface area contributed by atoms with Gasteiger partial charge in [0.1, 0.15) is 5.52 Å². The van der Waals surface area contributed by atoms with Crippen LogP contribution in [-0.4, -0.2) is 47.7 Å². The zero-order valence-electron chi connectivity index (χ0n) is 13.2. The van der Waals surface area contributed by atoms with Gasteiger partial charge in [0.2, 0.25) is 5.95 Å². The van der Waals surface area contributed by atoms with Crippen molar-refractivity contribution in [2.24, 2.45) is 0 Å². The Morgan fingerprint density at radius 1 is 0.870 bits per heavy atom. The predicted octanol–water partition coefficient (Wildman–Crippen LogP) is 5.42. The molecule has 1 aromatic carbocycles. The summed E-state index contributed by atoms with van der Waals surface area (Å²) in [5.41, 5.74) is 2.10. The summed E-state index contributed by atoms with van der Waals surface area (Å²) in [6, 6.07) is 0.325. The third-order valence-corrected chi connectivity index (χ3v) is 8.92. The number of halogens is 4. The summed E-state index contributed by atoms with van der Waals surface area (Å²) < 4.78 is 6.33. The molecule has 23 heavy (non-hydrogen) atoms. The molecule has 0 spiro atoms. The van der Waals surface area contributed by atoms with Gasteiger partial charge in [-0.15, -0.1) is 0 Å². The average molecular weight is 574 g/mol. The molecule has 2 heterocycles. The summed E-state index contributed by atoms with van der Waals surface area (Å²) in [5.74, 6) is 1.05. The summed E-state index contributed by atoms with van der Waals surface area (Å²) in [4.78, 5) is 9.74. The Kier molecular flexibility index (Phi) is 5.48. The number of piperazine rings is 1. The highest BCUT2D eigenvalue weighted by molar-refractivity contribution is 9.15. The van der Waals surface area contributed by atoms with E-state index in [1.807, 2.05) is 0 Å². The summed E-state index contributed by atoms with van der Waals surface area (Å²) in [6.45, 7) is 8.55. The van der Waals surface area contributed by atoms with Crippen LogP contribution in [0.25, 0.3) is 11.0 Å². The molecule has 2 aromatic rings. The minimum absolute atomic E-state index is 0.325. The number of fused-ring (bicyclic) bond motifs is 1. The Hall–Kier alpha value is 0.370. The predicted molar refractivity (Wildman–Crippen MR) is 111 cm³/mol. The van der Waals surface area contributed by atoms with E-state index in [-0.39, 0.29) is 0 Å². The number of likely N-dealkylation sites (N-methyl/N-ethyl adjacent to an activating group) is 1. The molecule has 3 rings (SSSR count). The number of hydrogen-bond donors (Lipinski definition) is 0. The van der Waals surface area contributed by atoms with Gasteiger partial charge in [-0.1, -0.05) is 0 Å². The van der Waals surface area contributed by atoms with E-state index < -0.39 is 0 Å². The van der Waals surface area contributed by atoms with E-state index in [1.54, 1.807) is 0 Å². The maximum Gasteiger partial charge on any atom is 0.206 e. The van der Waals surface area contributed by atoms with Crippen molar-refractivity contribution in [3.8, 4) is 0 Å². The second-order valence-electron chi connectivity index (χ2n) is 6.12. The van der Waals surface area contributed by atoms with Gasteiger partial charge in [0, 0.05) is 41.2 Å². The Morgan fingerprint density at radius 3 is 2.00 bits per heavy atom. The smallest absolute Gasteiger partial charge is 0.206 e. The number of rotatable bonds is 2. The first-order valence-corrected chi connectivity index (χ1v) is 10.7. The van der Waals surface area contributed by atoms with Crippen molar-refractivity contribution in [3.63, 3.8) is 0 Å². The van der Waals surface area contributed by atoms with Crippen molar-refractivity contribution < 1.29 is 0 Å². The number of benzene rings is 1. The monoisotopic (exact) mass is 570 g/mol. The summed E-state index contributed by atoms with van der Waals surface area (Å²) in [5, 5.41) is 0. The first kappa shape index (κ1) is 18.2. The molecule has 0 N–H and O–H groups in total. The fourth-order valence-electron chi connectivity index (χ4n) is 2.90. The highest BCUT2D eigenvalue weighted by atomic mass is 79.9. The lowest BCUT2D eigenvalue weighted by Crippen LogP contribution is -2.45. The molecule has 1 saturated heterocycles. The third-order valence-electron chi connectivity index (χ3n) is 4.19.